The van der Waals surface area contributed by atoms with Crippen molar-refractivity contribution in [2.75, 3.05) is 13.2 Å². The van der Waals surface area contributed by atoms with E-state index >= 15 is 0 Å². The molecule has 0 aliphatic carbocycles. The summed E-state index contributed by atoms with van der Waals surface area (Å²) < 4.78 is 22.2. The first-order valence-electron chi connectivity index (χ1n) is 12.7. The minimum atomic E-state index is -1.72. The van der Waals surface area contributed by atoms with Gasteiger partial charge in [-0.25, -0.2) is 0 Å². The van der Waals surface area contributed by atoms with Gasteiger partial charge in [0.25, 0.3) is 0 Å². The van der Waals surface area contributed by atoms with E-state index in [9.17, 15) is 50.8 Å². The third-order valence-electron chi connectivity index (χ3n) is 7.40. The van der Waals surface area contributed by atoms with Gasteiger partial charge in [-0.1, -0.05) is 12.1 Å². The van der Waals surface area contributed by atoms with Gasteiger partial charge in [-0.05, 0) is 29.8 Å². The number of ether oxygens (including phenoxy) is 3. The first kappa shape index (κ1) is 29.3. The first-order chi connectivity index (χ1) is 19.6. The van der Waals surface area contributed by atoms with Crippen LogP contribution in [0.2, 0.25) is 0 Å². The number of hydrogen-bond donors (Lipinski definition) is 9. The van der Waals surface area contributed by atoms with Crippen molar-refractivity contribution < 1.29 is 64.6 Å². The van der Waals surface area contributed by atoms with E-state index in [1.165, 1.54) is 36.4 Å². The number of rotatable bonds is 6. The van der Waals surface area contributed by atoms with Crippen molar-refractivity contribution in [1.29, 1.82) is 0 Å². The lowest BCUT2D eigenvalue weighted by Crippen LogP contribution is -2.60. The molecule has 2 saturated heterocycles. The summed E-state index contributed by atoms with van der Waals surface area (Å²) in [6.07, 6.45) is -13.9. The fourth-order valence-electron chi connectivity index (χ4n) is 5.04. The normalized spacial score (nSPS) is 34.0. The molecule has 10 atom stereocenters. The smallest absolute Gasteiger partial charge is 0.229 e. The van der Waals surface area contributed by atoms with Crippen LogP contribution in [0.5, 0.6) is 11.5 Å². The molecule has 41 heavy (non-hydrogen) atoms. The second kappa shape index (κ2) is 11.6. The summed E-state index contributed by atoms with van der Waals surface area (Å²) in [5.74, 6) is -0.231. The third kappa shape index (κ3) is 5.19. The Morgan fingerprint density at radius 1 is 0.732 bits per heavy atom. The number of aliphatic hydroxyl groups excluding tert-OH is 8. The highest BCUT2D eigenvalue weighted by molar-refractivity contribution is 5.86. The number of fused-ring (bicyclic) bond motifs is 1. The maximum Gasteiger partial charge on any atom is 0.229 e. The summed E-state index contributed by atoms with van der Waals surface area (Å²) in [6, 6.07) is 8.43. The van der Waals surface area contributed by atoms with Crippen LogP contribution >= 0.6 is 0 Å². The van der Waals surface area contributed by atoms with E-state index in [-0.39, 0.29) is 27.8 Å². The second-order valence-corrected chi connectivity index (χ2v) is 9.94. The molecule has 2 aliphatic rings. The summed E-state index contributed by atoms with van der Waals surface area (Å²) in [4.78, 5) is 13.4. The predicted octanol–water partition coefficient (Wildman–Crippen LogP) is -2.14. The second-order valence-electron chi connectivity index (χ2n) is 9.94. The Kier molecular flexibility index (Phi) is 8.31. The maximum atomic E-state index is 13.4. The monoisotopic (exact) mass is 578 g/mol. The van der Waals surface area contributed by atoms with Gasteiger partial charge in [-0.15, -0.1) is 0 Å². The number of aromatic hydroxyl groups is 1. The average Bonchev–Trinajstić information content (AvgIpc) is 2.97. The molecule has 14 heteroatoms. The molecule has 5 rings (SSSR count). The minimum absolute atomic E-state index is 0.00825. The molecule has 3 heterocycles. The topological polar surface area (TPSA) is 240 Å². The fourth-order valence-corrected chi connectivity index (χ4v) is 5.04. The van der Waals surface area contributed by atoms with Crippen molar-refractivity contribution in [1.82, 2.24) is 0 Å². The number of phenolic OH excluding ortho intramolecular Hbond substituents is 1. The largest absolute Gasteiger partial charge is 0.507 e. The summed E-state index contributed by atoms with van der Waals surface area (Å²) in [6.45, 7) is -1.30. The molecule has 1 aromatic heterocycles. The Morgan fingerprint density at radius 2 is 1.34 bits per heavy atom. The van der Waals surface area contributed by atoms with Gasteiger partial charge in [0.1, 0.15) is 78.3 Å². The predicted molar refractivity (Wildman–Crippen MR) is 137 cm³/mol. The van der Waals surface area contributed by atoms with Crippen LogP contribution in [-0.4, -0.2) is 114 Å². The Balaban J connectivity index is 1.43. The van der Waals surface area contributed by atoms with Crippen molar-refractivity contribution in [3.63, 3.8) is 0 Å². The summed E-state index contributed by atoms with van der Waals surface area (Å²) in [5.41, 5.74) is -0.289. The van der Waals surface area contributed by atoms with Gasteiger partial charge in [-0.3, -0.25) is 4.79 Å². The zero-order chi connectivity index (χ0) is 29.6. The fraction of sp³-hybridized carbons (Fsp3) is 0.444. The van der Waals surface area contributed by atoms with Crippen LogP contribution in [0.1, 0.15) is 11.7 Å². The SMILES string of the molecule is O=c1c(-c2ccc(O[C@H]3O[C@@H](CO)[C@H](O)[C@@H](O)[C@@H]3O)cc2)coc2c([C@@H]3O[C@@H](CO)[C@@H](O)[C@H](O)[C@@H]3O)c(O)ccc12. The van der Waals surface area contributed by atoms with E-state index in [0.29, 0.717) is 5.56 Å². The molecule has 9 N–H and O–H groups in total. The van der Waals surface area contributed by atoms with Crippen LogP contribution in [0.3, 0.4) is 0 Å². The summed E-state index contributed by atoms with van der Waals surface area (Å²) in [5, 5.41) is 90.3. The summed E-state index contributed by atoms with van der Waals surface area (Å²) in [7, 11) is 0. The number of phenols is 1. The minimum Gasteiger partial charge on any atom is -0.507 e. The molecule has 2 fully saturated rings. The lowest BCUT2D eigenvalue weighted by molar-refractivity contribution is -0.277. The van der Waals surface area contributed by atoms with Crippen molar-refractivity contribution in [2.24, 2.45) is 0 Å². The lowest BCUT2D eigenvalue weighted by atomic mass is 9.89. The number of hydrogen-bond acceptors (Lipinski definition) is 14. The van der Waals surface area contributed by atoms with Crippen LogP contribution in [-0.2, 0) is 9.47 Å². The van der Waals surface area contributed by atoms with Crippen LogP contribution in [0.15, 0.2) is 51.9 Å². The molecule has 0 radical (unpaired) electrons. The average molecular weight is 579 g/mol. The van der Waals surface area contributed by atoms with Gasteiger partial charge in [0.05, 0.1) is 29.7 Å². The van der Waals surface area contributed by atoms with Gasteiger partial charge in [-0.2, -0.15) is 0 Å². The molecule has 2 aromatic carbocycles. The molecular formula is C27H30O14. The Hall–Kier alpha value is -3.15. The highest BCUT2D eigenvalue weighted by Gasteiger charge is 2.46. The molecule has 2 aliphatic heterocycles. The van der Waals surface area contributed by atoms with Crippen molar-refractivity contribution >= 4 is 11.0 Å². The van der Waals surface area contributed by atoms with Crippen LogP contribution in [0.4, 0.5) is 0 Å². The molecule has 0 saturated carbocycles. The van der Waals surface area contributed by atoms with Crippen molar-refractivity contribution in [2.45, 2.75) is 61.2 Å². The van der Waals surface area contributed by atoms with Gasteiger partial charge in [0.15, 0.2) is 0 Å². The van der Waals surface area contributed by atoms with Gasteiger partial charge in [0, 0.05) is 0 Å². The van der Waals surface area contributed by atoms with Gasteiger partial charge < -0.3 is 64.6 Å². The van der Waals surface area contributed by atoms with Crippen LogP contribution < -0.4 is 10.2 Å². The highest BCUT2D eigenvalue weighted by atomic mass is 16.7. The first-order valence-corrected chi connectivity index (χ1v) is 12.7. The Morgan fingerprint density at radius 3 is 1.98 bits per heavy atom. The lowest BCUT2D eigenvalue weighted by Gasteiger charge is -2.40. The Bertz CT molecular complexity index is 1420. The van der Waals surface area contributed by atoms with Gasteiger partial charge >= 0.3 is 0 Å². The molecule has 222 valence electrons. The third-order valence-corrected chi connectivity index (χ3v) is 7.40. The van der Waals surface area contributed by atoms with E-state index in [1.54, 1.807) is 0 Å². The number of aliphatic hydroxyl groups is 8. The number of benzene rings is 2. The molecule has 0 amide bonds. The van der Waals surface area contributed by atoms with Crippen molar-refractivity contribution in [3.8, 4) is 22.6 Å². The van der Waals surface area contributed by atoms with E-state index in [2.05, 4.69) is 0 Å². The molecule has 3 aromatic rings. The molecule has 14 nitrogen and oxygen atoms in total. The quantitative estimate of drug-likeness (QED) is 0.152. The Labute approximate surface area is 231 Å². The molecule has 0 spiro atoms. The molecular weight excluding hydrogens is 548 g/mol. The highest BCUT2D eigenvalue weighted by Crippen LogP contribution is 2.40. The zero-order valence-electron chi connectivity index (χ0n) is 21.3. The molecule has 0 unspecified atom stereocenters. The zero-order valence-corrected chi connectivity index (χ0v) is 21.3. The molecule has 0 bridgehead atoms. The summed E-state index contributed by atoms with van der Waals surface area (Å²) >= 11 is 0. The van der Waals surface area contributed by atoms with Gasteiger partial charge in [0.2, 0.25) is 11.7 Å². The van der Waals surface area contributed by atoms with E-state index in [0.717, 1.165) is 6.26 Å². The van der Waals surface area contributed by atoms with Crippen LogP contribution in [0, 0.1) is 0 Å². The van der Waals surface area contributed by atoms with E-state index in [4.69, 9.17) is 18.6 Å². The standard InChI is InChI=1S/C27H30O14/c28-7-15-19(32)21(34)23(36)26(40-15)17-14(30)6-5-12-18(31)13(9-38-25(12)17)10-1-3-11(4-2-10)39-27-24(37)22(35)20(33)16(8-29)41-27/h1-6,9,15-16,19-24,26-30,32-37H,7-8H2/t15-,16-,19+,20-,21-,22+,23-,24-,26-,27-/m0/s1. The van der Waals surface area contributed by atoms with E-state index in [1.807, 2.05) is 0 Å². The van der Waals surface area contributed by atoms with E-state index < -0.39 is 85.6 Å². The van der Waals surface area contributed by atoms with Crippen LogP contribution in [0.25, 0.3) is 22.1 Å². The van der Waals surface area contributed by atoms with Crippen molar-refractivity contribution in [3.05, 3.63) is 58.4 Å². The maximum absolute atomic E-state index is 13.4.